The van der Waals surface area contributed by atoms with E-state index in [9.17, 15) is 0 Å². The van der Waals surface area contributed by atoms with Gasteiger partial charge in [0.15, 0.2) is 5.16 Å². The molecule has 92 valence electrons. The maximum absolute atomic E-state index is 9.09. The van der Waals surface area contributed by atoms with Crippen LogP contribution in [0.15, 0.2) is 17.4 Å². The summed E-state index contributed by atoms with van der Waals surface area (Å²) in [6.45, 7) is 5.94. The molecule has 0 aliphatic carbocycles. The Morgan fingerprint density at radius 1 is 1.65 bits per heavy atom. The third kappa shape index (κ3) is 4.33. The van der Waals surface area contributed by atoms with E-state index in [0.717, 1.165) is 17.3 Å². The Morgan fingerprint density at radius 2 is 2.35 bits per heavy atom. The van der Waals surface area contributed by atoms with Crippen LogP contribution in [-0.4, -0.2) is 27.8 Å². The summed E-state index contributed by atoms with van der Waals surface area (Å²) in [6, 6.07) is 4.17. The number of aromatic nitrogens is 2. The van der Waals surface area contributed by atoms with Gasteiger partial charge in [-0.3, -0.25) is 0 Å². The van der Waals surface area contributed by atoms with E-state index in [-0.39, 0.29) is 5.25 Å². The van der Waals surface area contributed by atoms with E-state index in [2.05, 4.69) is 28.3 Å². The first-order valence-electron chi connectivity index (χ1n) is 5.55. The lowest BCUT2D eigenvalue weighted by molar-refractivity contribution is 0.455. The summed E-state index contributed by atoms with van der Waals surface area (Å²) in [5.41, 5.74) is 0.474. The Kier molecular flexibility index (Phi) is 4.91. The van der Waals surface area contributed by atoms with E-state index in [1.807, 2.05) is 27.0 Å². The average molecular weight is 250 g/mol. The number of nitrogens with zero attached hydrogens (tertiary/aromatic N) is 3. The van der Waals surface area contributed by atoms with Crippen molar-refractivity contribution in [2.75, 3.05) is 7.05 Å². The SMILES string of the molecule is CNC(C)(C#N)CC(C)Sc1nccc(C)n1. The van der Waals surface area contributed by atoms with Crippen molar-refractivity contribution in [3.63, 3.8) is 0 Å². The van der Waals surface area contributed by atoms with Crippen LogP contribution >= 0.6 is 11.8 Å². The van der Waals surface area contributed by atoms with Gasteiger partial charge >= 0.3 is 0 Å². The van der Waals surface area contributed by atoms with Crippen molar-refractivity contribution >= 4 is 11.8 Å². The van der Waals surface area contributed by atoms with Crippen LogP contribution in [0.25, 0.3) is 0 Å². The molecular formula is C12H18N4S. The topological polar surface area (TPSA) is 61.6 Å². The first-order chi connectivity index (χ1) is 7.99. The standard InChI is InChI=1S/C12H18N4S/c1-9-5-6-15-11(16-9)17-10(2)7-12(3,8-13)14-4/h5-6,10,14H,7H2,1-4H3. The number of hydrogen-bond donors (Lipinski definition) is 1. The predicted octanol–water partition coefficient (Wildman–Crippen LogP) is 2.16. The highest BCUT2D eigenvalue weighted by Crippen LogP contribution is 2.25. The van der Waals surface area contributed by atoms with Gasteiger partial charge in [-0.2, -0.15) is 5.26 Å². The molecule has 1 heterocycles. The minimum atomic E-state index is -0.490. The third-order valence-electron chi connectivity index (χ3n) is 2.57. The molecule has 5 heteroatoms. The fourth-order valence-corrected chi connectivity index (χ4v) is 2.58. The Balaban J connectivity index is 2.62. The van der Waals surface area contributed by atoms with E-state index in [0.29, 0.717) is 0 Å². The molecule has 0 radical (unpaired) electrons. The first-order valence-corrected chi connectivity index (χ1v) is 6.43. The molecule has 0 saturated heterocycles. The minimum Gasteiger partial charge on any atom is -0.303 e. The van der Waals surface area contributed by atoms with Gasteiger partial charge in [0.25, 0.3) is 0 Å². The van der Waals surface area contributed by atoms with Gasteiger partial charge in [-0.05, 0) is 33.4 Å². The van der Waals surface area contributed by atoms with Crippen molar-refractivity contribution in [3.8, 4) is 6.07 Å². The highest BCUT2D eigenvalue weighted by molar-refractivity contribution is 7.99. The van der Waals surface area contributed by atoms with Gasteiger partial charge < -0.3 is 5.32 Å². The number of hydrogen-bond acceptors (Lipinski definition) is 5. The second kappa shape index (κ2) is 5.99. The zero-order valence-corrected chi connectivity index (χ0v) is 11.5. The molecule has 1 aromatic heterocycles. The van der Waals surface area contributed by atoms with Crippen molar-refractivity contribution in [2.24, 2.45) is 0 Å². The van der Waals surface area contributed by atoms with E-state index in [4.69, 9.17) is 5.26 Å². The number of thioether (sulfide) groups is 1. The Hall–Kier alpha value is -1.12. The van der Waals surface area contributed by atoms with Gasteiger partial charge in [0, 0.05) is 17.1 Å². The summed E-state index contributed by atoms with van der Waals surface area (Å²) < 4.78 is 0. The van der Waals surface area contributed by atoms with E-state index < -0.39 is 5.54 Å². The predicted molar refractivity (Wildman–Crippen MR) is 69.8 cm³/mol. The van der Waals surface area contributed by atoms with Crippen molar-refractivity contribution in [1.82, 2.24) is 15.3 Å². The third-order valence-corrected chi connectivity index (χ3v) is 3.55. The summed E-state index contributed by atoms with van der Waals surface area (Å²) in [7, 11) is 1.81. The zero-order chi connectivity index (χ0) is 12.9. The summed E-state index contributed by atoms with van der Waals surface area (Å²) in [6.07, 6.45) is 2.51. The maximum atomic E-state index is 9.09. The van der Waals surface area contributed by atoms with Crippen LogP contribution in [0.1, 0.15) is 26.0 Å². The second-order valence-corrected chi connectivity index (χ2v) is 5.71. The molecule has 1 rings (SSSR count). The summed E-state index contributed by atoms with van der Waals surface area (Å²) in [4.78, 5) is 8.55. The Morgan fingerprint density at radius 3 is 2.88 bits per heavy atom. The van der Waals surface area contributed by atoms with E-state index in [1.165, 1.54) is 0 Å². The molecule has 17 heavy (non-hydrogen) atoms. The molecule has 4 nitrogen and oxygen atoms in total. The van der Waals surface area contributed by atoms with Crippen LogP contribution in [0.4, 0.5) is 0 Å². The highest BCUT2D eigenvalue weighted by atomic mass is 32.2. The molecule has 0 spiro atoms. The summed E-state index contributed by atoms with van der Waals surface area (Å²) in [5, 5.41) is 13.2. The molecule has 0 aliphatic rings. The highest BCUT2D eigenvalue weighted by Gasteiger charge is 2.25. The Labute approximate surface area is 107 Å². The summed E-state index contributed by atoms with van der Waals surface area (Å²) in [5.74, 6) is 0. The lowest BCUT2D eigenvalue weighted by atomic mass is 9.98. The van der Waals surface area contributed by atoms with Crippen LogP contribution in [0.2, 0.25) is 0 Å². The van der Waals surface area contributed by atoms with E-state index in [1.54, 1.807) is 18.0 Å². The van der Waals surface area contributed by atoms with Crippen LogP contribution in [0.3, 0.4) is 0 Å². The average Bonchev–Trinajstić information content (AvgIpc) is 2.28. The second-order valence-electron chi connectivity index (χ2n) is 4.31. The van der Waals surface area contributed by atoms with Crippen molar-refractivity contribution in [1.29, 1.82) is 5.26 Å². The molecule has 0 bridgehead atoms. The number of aryl methyl sites for hydroxylation is 1. The molecule has 0 amide bonds. The zero-order valence-electron chi connectivity index (χ0n) is 10.7. The van der Waals surface area contributed by atoms with Crippen LogP contribution in [0, 0.1) is 18.3 Å². The molecular weight excluding hydrogens is 232 g/mol. The molecule has 1 N–H and O–H groups in total. The normalized spacial score (nSPS) is 15.9. The van der Waals surface area contributed by atoms with Gasteiger partial charge in [-0.25, -0.2) is 9.97 Å². The number of rotatable bonds is 5. The largest absolute Gasteiger partial charge is 0.303 e. The van der Waals surface area contributed by atoms with Crippen molar-refractivity contribution in [2.45, 2.75) is 43.1 Å². The molecule has 0 aromatic carbocycles. The van der Waals surface area contributed by atoms with Crippen LogP contribution < -0.4 is 5.32 Å². The fourth-order valence-electron chi connectivity index (χ4n) is 1.48. The van der Waals surface area contributed by atoms with Gasteiger partial charge in [-0.15, -0.1) is 0 Å². The van der Waals surface area contributed by atoms with Gasteiger partial charge in [0.1, 0.15) is 5.54 Å². The molecule has 2 atom stereocenters. The molecule has 1 aromatic rings. The Bertz CT molecular complexity index is 415. The lowest BCUT2D eigenvalue weighted by Gasteiger charge is -2.23. The van der Waals surface area contributed by atoms with Crippen LogP contribution in [0.5, 0.6) is 0 Å². The van der Waals surface area contributed by atoms with Gasteiger partial charge in [0.2, 0.25) is 0 Å². The number of nitriles is 1. The molecule has 0 fully saturated rings. The minimum absolute atomic E-state index is 0.286. The smallest absolute Gasteiger partial charge is 0.187 e. The molecule has 2 unspecified atom stereocenters. The molecule has 0 aliphatic heterocycles. The first kappa shape index (κ1) is 13.9. The van der Waals surface area contributed by atoms with Crippen molar-refractivity contribution < 1.29 is 0 Å². The molecule has 0 saturated carbocycles. The summed E-state index contributed by atoms with van der Waals surface area (Å²) >= 11 is 1.60. The fraction of sp³-hybridized carbons (Fsp3) is 0.583. The van der Waals surface area contributed by atoms with Gasteiger partial charge in [0.05, 0.1) is 6.07 Å². The monoisotopic (exact) mass is 250 g/mol. The maximum Gasteiger partial charge on any atom is 0.187 e. The van der Waals surface area contributed by atoms with Crippen LogP contribution in [-0.2, 0) is 0 Å². The van der Waals surface area contributed by atoms with Crippen molar-refractivity contribution in [3.05, 3.63) is 18.0 Å². The van der Waals surface area contributed by atoms with Gasteiger partial charge in [-0.1, -0.05) is 18.7 Å². The number of nitrogens with one attached hydrogen (secondary N) is 1. The van der Waals surface area contributed by atoms with E-state index >= 15 is 0 Å². The lowest BCUT2D eigenvalue weighted by Crippen LogP contribution is -2.40. The quantitative estimate of drug-likeness (QED) is 0.641.